The van der Waals surface area contributed by atoms with Crippen LogP contribution in [0.15, 0.2) is 60.7 Å². The summed E-state index contributed by atoms with van der Waals surface area (Å²) in [5.74, 6) is -3.22. The Kier molecular flexibility index (Phi) is 10.5. The first-order valence-electron chi connectivity index (χ1n) is 11.1. The first-order chi connectivity index (χ1) is 16.1. The summed E-state index contributed by atoms with van der Waals surface area (Å²) < 4.78 is 43.6. The van der Waals surface area contributed by atoms with Gasteiger partial charge in [-0.2, -0.15) is 0 Å². The van der Waals surface area contributed by atoms with Crippen molar-refractivity contribution in [1.29, 1.82) is 0 Å². The van der Waals surface area contributed by atoms with E-state index in [9.17, 15) is 27.7 Å². The molecule has 4 N–H and O–H groups in total. The monoisotopic (exact) mass is 512 g/mol. The molecule has 0 spiro atoms. The van der Waals surface area contributed by atoms with E-state index in [1.54, 1.807) is 60.7 Å². The number of hydrogen-bond donors (Lipinski definition) is 3. The Hall–Kier alpha value is -1.79. The minimum atomic E-state index is -5.56. The predicted octanol–water partition coefficient (Wildman–Crippen LogP) is -1.79. The molecule has 0 aliphatic heterocycles. The second-order valence-corrected chi connectivity index (χ2v) is 10.0. The van der Waals surface area contributed by atoms with Gasteiger partial charge in [0.2, 0.25) is 5.91 Å². The molecule has 1 aliphatic rings. The molecule has 2 atom stereocenters. The number of amides is 1. The Morgan fingerprint density at radius 1 is 1.03 bits per heavy atom. The Bertz CT molecular complexity index is 1100. The fraction of sp³-hybridized carbons (Fsp3) is 0.417. The van der Waals surface area contributed by atoms with Crippen LogP contribution >= 0.6 is 0 Å². The van der Waals surface area contributed by atoms with Crippen molar-refractivity contribution in [3.05, 3.63) is 71.8 Å². The third kappa shape index (κ3) is 6.32. The molecule has 0 radical (unpaired) electrons. The number of nitrogens with one attached hydrogen (secondary N) is 1. The number of rotatable bonds is 10. The number of nitrogens with two attached hydrogens (primary N) is 1. The fourth-order valence-electron chi connectivity index (χ4n) is 4.65. The van der Waals surface area contributed by atoms with Crippen LogP contribution in [0.3, 0.4) is 0 Å². The van der Waals surface area contributed by atoms with Gasteiger partial charge >= 0.3 is 35.5 Å². The van der Waals surface area contributed by atoms with Gasteiger partial charge in [-0.05, 0) is 24.0 Å². The maximum atomic E-state index is 13.7. The van der Waals surface area contributed by atoms with Crippen LogP contribution in [0.1, 0.15) is 36.8 Å². The molecule has 1 saturated carbocycles. The minimum absolute atomic E-state index is 0. The number of ether oxygens (including phenoxy) is 1. The van der Waals surface area contributed by atoms with Crippen molar-refractivity contribution in [3.8, 4) is 0 Å². The summed E-state index contributed by atoms with van der Waals surface area (Å²) in [5, 5.41) is 14.1. The van der Waals surface area contributed by atoms with Gasteiger partial charge in [0, 0.05) is 12.3 Å². The standard InChI is InChI=1S/C24H30N2O7S.Na/c25-16-21(27)26-23(15-18-9-3-1-4-10-18,22(28)33-17-19-11-5-2-6-12-19)24(29,34(30,31)32)20-13-7-8-14-20;/h1-6,9-12,20,29H,7-8,13-17,25H2,(H,26,27)(H,30,31,32);/q;+1/p-1. The molecule has 0 aromatic heterocycles. The molecule has 0 saturated heterocycles. The smallest absolute Gasteiger partial charge is 0.746 e. The van der Waals surface area contributed by atoms with Crippen LogP contribution in [0.2, 0.25) is 0 Å². The van der Waals surface area contributed by atoms with Crippen molar-refractivity contribution in [2.45, 2.75) is 49.2 Å². The predicted molar refractivity (Wildman–Crippen MR) is 123 cm³/mol. The van der Waals surface area contributed by atoms with Crippen molar-refractivity contribution in [3.63, 3.8) is 0 Å². The van der Waals surface area contributed by atoms with Crippen molar-refractivity contribution in [1.82, 2.24) is 5.32 Å². The van der Waals surface area contributed by atoms with E-state index in [0.29, 0.717) is 24.0 Å². The number of benzene rings is 2. The zero-order valence-electron chi connectivity index (χ0n) is 19.7. The van der Waals surface area contributed by atoms with Gasteiger partial charge in [0.15, 0.2) is 10.5 Å². The van der Waals surface area contributed by atoms with E-state index in [2.05, 4.69) is 5.32 Å². The summed E-state index contributed by atoms with van der Waals surface area (Å²) in [6.07, 6.45) is 1.03. The van der Waals surface area contributed by atoms with Gasteiger partial charge in [0.1, 0.15) is 16.7 Å². The average Bonchev–Trinajstić information content (AvgIpc) is 3.37. The van der Waals surface area contributed by atoms with Crippen molar-refractivity contribution in [2.24, 2.45) is 11.7 Å². The molecule has 11 heteroatoms. The summed E-state index contributed by atoms with van der Waals surface area (Å²) in [5.41, 5.74) is 3.87. The zero-order chi connectivity index (χ0) is 24.8. The molecule has 0 bridgehead atoms. The summed E-state index contributed by atoms with van der Waals surface area (Å²) in [6.45, 7) is -0.851. The van der Waals surface area contributed by atoms with Crippen LogP contribution in [0, 0.1) is 5.92 Å². The SMILES string of the molecule is NCC(=O)NC(Cc1ccccc1)(C(=O)OCc1ccccc1)C(O)(C1CCCC1)S(=O)(=O)[O-].[Na+]. The Morgan fingerprint density at radius 2 is 1.54 bits per heavy atom. The molecule has 2 aromatic carbocycles. The van der Waals surface area contributed by atoms with Gasteiger partial charge in [0.05, 0.1) is 6.54 Å². The first-order valence-corrected chi connectivity index (χ1v) is 12.5. The van der Waals surface area contributed by atoms with Crippen LogP contribution in [-0.2, 0) is 37.5 Å². The fourth-order valence-corrected chi connectivity index (χ4v) is 5.93. The van der Waals surface area contributed by atoms with E-state index in [0.717, 1.165) is 0 Å². The van der Waals surface area contributed by atoms with Crippen molar-refractivity contribution in [2.75, 3.05) is 6.54 Å². The van der Waals surface area contributed by atoms with Crippen LogP contribution in [0.25, 0.3) is 0 Å². The van der Waals surface area contributed by atoms with Gasteiger partial charge < -0.3 is 25.4 Å². The average molecular weight is 513 g/mol. The third-order valence-corrected chi connectivity index (χ3v) is 7.76. The molecule has 3 rings (SSSR count). The second-order valence-electron chi connectivity index (χ2n) is 8.51. The van der Waals surface area contributed by atoms with E-state index in [1.807, 2.05) is 0 Å². The number of esters is 1. The Balaban J connectivity index is 0.00000432. The van der Waals surface area contributed by atoms with Crippen LogP contribution in [-0.4, -0.2) is 47.0 Å². The maximum absolute atomic E-state index is 13.7. The van der Waals surface area contributed by atoms with Gasteiger partial charge in [-0.1, -0.05) is 73.5 Å². The normalized spacial score (nSPS) is 17.5. The maximum Gasteiger partial charge on any atom is 1.00 e. The molecule has 2 aromatic rings. The Labute approximate surface area is 227 Å². The van der Waals surface area contributed by atoms with E-state index < -0.39 is 51.4 Å². The molecule has 0 heterocycles. The molecule has 35 heavy (non-hydrogen) atoms. The molecular formula is C24H29N2NaO7S. The molecule has 2 unspecified atom stereocenters. The second kappa shape index (κ2) is 12.4. The van der Waals surface area contributed by atoms with E-state index >= 15 is 0 Å². The largest absolute Gasteiger partial charge is 1.00 e. The zero-order valence-corrected chi connectivity index (χ0v) is 22.5. The van der Waals surface area contributed by atoms with Gasteiger partial charge in [-0.15, -0.1) is 0 Å². The first kappa shape index (κ1) is 29.4. The third-order valence-electron chi connectivity index (χ3n) is 6.31. The summed E-state index contributed by atoms with van der Waals surface area (Å²) >= 11 is 0. The molecule has 1 fully saturated rings. The summed E-state index contributed by atoms with van der Waals surface area (Å²) in [7, 11) is -5.56. The number of carbonyl (C=O) groups is 2. The molecule has 184 valence electrons. The number of carbonyl (C=O) groups excluding carboxylic acids is 2. The quantitative estimate of drug-likeness (QED) is 0.191. The van der Waals surface area contributed by atoms with E-state index in [1.165, 1.54) is 0 Å². The minimum Gasteiger partial charge on any atom is -0.746 e. The molecule has 9 nitrogen and oxygen atoms in total. The van der Waals surface area contributed by atoms with Crippen molar-refractivity contribution >= 4 is 22.0 Å². The van der Waals surface area contributed by atoms with Gasteiger partial charge in [-0.3, -0.25) is 4.79 Å². The van der Waals surface area contributed by atoms with E-state index in [-0.39, 0.29) is 49.0 Å². The van der Waals surface area contributed by atoms with Gasteiger partial charge in [0.25, 0.3) is 0 Å². The van der Waals surface area contributed by atoms with Crippen molar-refractivity contribution < 1.29 is 62.0 Å². The van der Waals surface area contributed by atoms with Gasteiger partial charge in [-0.25, -0.2) is 13.2 Å². The van der Waals surface area contributed by atoms with Crippen LogP contribution in [0.4, 0.5) is 0 Å². The van der Waals surface area contributed by atoms with E-state index in [4.69, 9.17) is 10.5 Å². The van der Waals surface area contributed by atoms with Crippen LogP contribution < -0.4 is 40.6 Å². The number of aliphatic hydroxyl groups is 1. The van der Waals surface area contributed by atoms with Crippen LogP contribution in [0.5, 0.6) is 0 Å². The molecule has 1 aliphatic carbocycles. The topological polar surface area (TPSA) is 159 Å². The molecular weight excluding hydrogens is 483 g/mol. The summed E-state index contributed by atoms with van der Waals surface area (Å²) in [6, 6.07) is 16.8. The molecule has 1 amide bonds. The number of hydrogen-bond acceptors (Lipinski definition) is 8. The summed E-state index contributed by atoms with van der Waals surface area (Å²) in [4.78, 5) is 23.1. The Morgan fingerprint density at radius 3 is 2.03 bits per heavy atom.